The van der Waals surface area contributed by atoms with E-state index in [-0.39, 0.29) is 0 Å². The third-order valence-electron chi connectivity index (χ3n) is 3.26. The van der Waals surface area contributed by atoms with Crippen molar-refractivity contribution in [2.45, 2.75) is 51.1 Å². The van der Waals surface area contributed by atoms with Crippen LogP contribution in [-0.2, 0) is 12.3 Å². The lowest BCUT2D eigenvalue weighted by molar-refractivity contribution is 0.540. The normalized spacial score (nSPS) is 11.4. The zero-order valence-corrected chi connectivity index (χ0v) is 13.7. The molecule has 3 heterocycles. The van der Waals surface area contributed by atoms with Gasteiger partial charge in [-0.1, -0.05) is 25.1 Å². The summed E-state index contributed by atoms with van der Waals surface area (Å²) in [4.78, 5) is 8.84. The molecule has 0 aromatic carbocycles. The Labute approximate surface area is 132 Å². The minimum Gasteiger partial charge on any atom is -0.229 e. The van der Waals surface area contributed by atoms with Crippen LogP contribution in [0.4, 0.5) is 0 Å². The average molecular weight is 318 g/mol. The Bertz CT molecular complexity index is 778. The number of hydrogen-bond donors (Lipinski definition) is 0. The maximum absolute atomic E-state index is 4.47. The molecule has 0 aliphatic carbocycles. The van der Waals surface area contributed by atoms with Gasteiger partial charge in [0.05, 0.1) is 5.75 Å². The van der Waals surface area contributed by atoms with Gasteiger partial charge in [0.1, 0.15) is 0 Å². The molecule has 0 atom stereocenters. The van der Waals surface area contributed by atoms with Crippen molar-refractivity contribution in [3.63, 3.8) is 0 Å². The van der Waals surface area contributed by atoms with Crippen LogP contribution in [0.25, 0.3) is 5.78 Å². The summed E-state index contributed by atoms with van der Waals surface area (Å²) in [7, 11) is 0. The summed E-state index contributed by atoms with van der Waals surface area (Å²) in [6.45, 7) is 6.95. The first kappa shape index (κ1) is 14.9. The van der Waals surface area contributed by atoms with E-state index >= 15 is 0 Å². The van der Waals surface area contributed by atoms with Crippen molar-refractivity contribution in [1.82, 2.24) is 39.8 Å². The highest BCUT2D eigenvalue weighted by Crippen LogP contribution is 2.19. The molecule has 0 radical (unpaired) electrons. The molecule has 3 rings (SSSR count). The molecule has 0 aliphatic rings. The fourth-order valence-electron chi connectivity index (χ4n) is 2.15. The minimum absolute atomic E-state index is 0.630. The van der Waals surface area contributed by atoms with Gasteiger partial charge in [0.15, 0.2) is 5.82 Å². The highest BCUT2D eigenvalue weighted by molar-refractivity contribution is 7.98. The van der Waals surface area contributed by atoms with Gasteiger partial charge in [-0.2, -0.15) is 4.98 Å². The Hall–Kier alpha value is -2.03. The van der Waals surface area contributed by atoms with Gasteiger partial charge in [0.25, 0.3) is 5.78 Å². The Morgan fingerprint density at radius 2 is 2.09 bits per heavy atom. The van der Waals surface area contributed by atoms with Crippen LogP contribution in [0.5, 0.6) is 0 Å². The number of aromatic nitrogens is 8. The van der Waals surface area contributed by atoms with E-state index in [2.05, 4.69) is 37.5 Å². The first-order valence-corrected chi connectivity index (χ1v) is 8.25. The van der Waals surface area contributed by atoms with Crippen LogP contribution in [0, 0.1) is 13.8 Å². The molecule has 0 spiro atoms. The molecule has 0 saturated heterocycles. The second kappa shape index (κ2) is 6.39. The Morgan fingerprint density at radius 3 is 2.91 bits per heavy atom. The van der Waals surface area contributed by atoms with Crippen LogP contribution >= 0.6 is 11.8 Å². The van der Waals surface area contributed by atoms with Crippen LogP contribution < -0.4 is 0 Å². The number of aryl methyl sites for hydroxylation is 3. The van der Waals surface area contributed by atoms with Gasteiger partial charge < -0.3 is 0 Å². The molecule has 22 heavy (non-hydrogen) atoms. The van der Waals surface area contributed by atoms with Crippen molar-refractivity contribution < 1.29 is 0 Å². The molecule has 3 aromatic rings. The van der Waals surface area contributed by atoms with Gasteiger partial charge in [-0.3, -0.25) is 0 Å². The zero-order valence-electron chi connectivity index (χ0n) is 12.9. The molecule has 0 amide bonds. The van der Waals surface area contributed by atoms with Crippen LogP contribution in [0.15, 0.2) is 11.2 Å². The quantitative estimate of drug-likeness (QED) is 0.641. The van der Waals surface area contributed by atoms with Crippen molar-refractivity contribution in [3.05, 3.63) is 23.3 Å². The minimum atomic E-state index is 0.630. The first-order chi connectivity index (χ1) is 10.7. The summed E-state index contributed by atoms with van der Waals surface area (Å²) < 4.78 is 3.61. The molecule has 3 aromatic heterocycles. The fourth-order valence-corrected chi connectivity index (χ4v) is 2.90. The molecular weight excluding hydrogens is 300 g/mol. The Morgan fingerprint density at radius 1 is 1.23 bits per heavy atom. The molecule has 0 bridgehead atoms. The van der Waals surface area contributed by atoms with E-state index in [4.69, 9.17) is 0 Å². The summed E-state index contributed by atoms with van der Waals surface area (Å²) in [5.74, 6) is 2.12. The van der Waals surface area contributed by atoms with Crippen molar-refractivity contribution >= 4 is 17.5 Å². The van der Waals surface area contributed by atoms with Crippen molar-refractivity contribution in [2.75, 3.05) is 0 Å². The topological polar surface area (TPSA) is 86.7 Å². The first-order valence-electron chi connectivity index (χ1n) is 7.26. The van der Waals surface area contributed by atoms with Crippen LogP contribution in [-0.4, -0.2) is 39.8 Å². The highest BCUT2D eigenvalue weighted by Gasteiger charge is 2.11. The Kier molecular flexibility index (Phi) is 4.32. The van der Waals surface area contributed by atoms with E-state index < -0.39 is 0 Å². The number of rotatable bonds is 6. The van der Waals surface area contributed by atoms with E-state index in [9.17, 15) is 0 Å². The number of unbranched alkanes of at least 4 members (excludes halogenated alkanes) is 1. The highest BCUT2D eigenvalue weighted by atomic mass is 32.2. The molecule has 9 heteroatoms. The van der Waals surface area contributed by atoms with Crippen LogP contribution in [0.3, 0.4) is 0 Å². The second-order valence-corrected chi connectivity index (χ2v) is 6.05. The third-order valence-corrected chi connectivity index (χ3v) is 4.09. The van der Waals surface area contributed by atoms with Gasteiger partial charge in [0.2, 0.25) is 5.16 Å². The van der Waals surface area contributed by atoms with E-state index in [1.54, 1.807) is 4.52 Å². The monoisotopic (exact) mass is 318 g/mol. The largest absolute Gasteiger partial charge is 0.253 e. The zero-order chi connectivity index (χ0) is 15.5. The summed E-state index contributed by atoms with van der Waals surface area (Å²) in [5.41, 5.74) is 1.96. The predicted molar refractivity (Wildman–Crippen MR) is 82.5 cm³/mol. The SMILES string of the molecule is CCCCn1nnnc1CSc1nc2nc(C)cc(C)n2n1. The van der Waals surface area contributed by atoms with Gasteiger partial charge in [0, 0.05) is 17.9 Å². The summed E-state index contributed by atoms with van der Waals surface area (Å²) in [6.07, 6.45) is 2.18. The molecule has 0 aliphatic heterocycles. The molecule has 0 saturated carbocycles. The smallest absolute Gasteiger partial charge is 0.229 e. The lowest BCUT2D eigenvalue weighted by Gasteiger charge is -2.01. The number of tetrazole rings is 1. The molecule has 0 unspecified atom stereocenters. The van der Waals surface area contributed by atoms with Gasteiger partial charge in [-0.05, 0) is 36.8 Å². The standard InChI is InChI=1S/C13H18N8S/c1-4-5-6-20-11(16-18-19-20)8-22-13-15-12-14-9(2)7-10(3)21(12)17-13/h7H,4-6,8H2,1-3H3. The van der Waals surface area contributed by atoms with Gasteiger partial charge in [-0.15, -0.1) is 10.2 Å². The number of nitrogens with zero attached hydrogens (tertiary/aromatic N) is 8. The summed E-state index contributed by atoms with van der Waals surface area (Å²) in [5, 5.41) is 17.0. The van der Waals surface area contributed by atoms with E-state index in [0.717, 1.165) is 36.6 Å². The van der Waals surface area contributed by atoms with E-state index in [1.165, 1.54) is 11.8 Å². The average Bonchev–Trinajstić information content (AvgIpc) is 3.09. The number of thioether (sulfide) groups is 1. The third kappa shape index (κ3) is 3.08. The lowest BCUT2D eigenvalue weighted by Crippen LogP contribution is -2.05. The van der Waals surface area contributed by atoms with Crippen molar-refractivity contribution in [1.29, 1.82) is 0 Å². The lowest BCUT2D eigenvalue weighted by atomic mass is 10.3. The molecule has 116 valence electrons. The number of hydrogen-bond acceptors (Lipinski definition) is 7. The second-order valence-electron chi connectivity index (χ2n) is 5.11. The van der Waals surface area contributed by atoms with Crippen LogP contribution in [0.2, 0.25) is 0 Å². The van der Waals surface area contributed by atoms with Gasteiger partial charge in [-0.25, -0.2) is 14.2 Å². The molecule has 0 fully saturated rings. The fraction of sp³-hybridized carbons (Fsp3) is 0.538. The summed E-state index contributed by atoms with van der Waals surface area (Å²) in [6, 6.07) is 1.99. The predicted octanol–water partition coefficient (Wildman–Crippen LogP) is 1.82. The van der Waals surface area contributed by atoms with E-state index in [0.29, 0.717) is 16.7 Å². The van der Waals surface area contributed by atoms with Crippen molar-refractivity contribution in [2.24, 2.45) is 0 Å². The van der Waals surface area contributed by atoms with Gasteiger partial charge >= 0.3 is 0 Å². The summed E-state index contributed by atoms with van der Waals surface area (Å²) >= 11 is 1.52. The maximum Gasteiger partial charge on any atom is 0.253 e. The van der Waals surface area contributed by atoms with Crippen molar-refractivity contribution in [3.8, 4) is 0 Å². The van der Waals surface area contributed by atoms with Crippen LogP contribution in [0.1, 0.15) is 37.0 Å². The molecular formula is C13H18N8S. The maximum atomic E-state index is 4.47. The number of fused-ring (bicyclic) bond motifs is 1. The Balaban J connectivity index is 1.74. The molecule has 8 nitrogen and oxygen atoms in total. The van der Waals surface area contributed by atoms with E-state index in [1.807, 2.05) is 24.6 Å². The molecule has 0 N–H and O–H groups in total.